The lowest BCUT2D eigenvalue weighted by Gasteiger charge is -2.23. The summed E-state index contributed by atoms with van der Waals surface area (Å²) in [6.45, 7) is 6.24. The van der Waals surface area contributed by atoms with Crippen LogP contribution in [0, 0.1) is 12.8 Å². The number of aryl methyl sites for hydroxylation is 1. The first-order valence-corrected chi connectivity index (χ1v) is 9.90. The third-order valence-corrected chi connectivity index (χ3v) is 4.90. The van der Waals surface area contributed by atoms with Crippen molar-refractivity contribution in [2.75, 3.05) is 16.8 Å². The van der Waals surface area contributed by atoms with E-state index in [1.54, 1.807) is 42.5 Å². The van der Waals surface area contributed by atoms with Gasteiger partial charge in [0.25, 0.3) is 5.91 Å². The summed E-state index contributed by atoms with van der Waals surface area (Å²) in [7, 11) is 0. The summed E-state index contributed by atoms with van der Waals surface area (Å²) < 4.78 is 0. The zero-order chi connectivity index (χ0) is 21.1. The van der Waals surface area contributed by atoms with Crippen molar-refractivity contribution < 1.29 is 14.4 Å². The molecule has 0 bridgehead atoms. The van der Waals surface area contributed by atoms with Crippen LogP contribution in [0.25, 0.3) is 0 Å². The SMILES string of the molecule is Cc1cccc(N2C(=O)C(CC(=O)Nc3ccc(Cl)cc3)N(CC(C)C)C2=O)c1. The maximum atomic E-state index is 13.1. The Hall–Kier alpha value is -2.86. The van der Waals surface area contributed by atoms with E-state index < -0.39 is 12.1 Å². The molecule has 1 N–H and O–H groups in total. The molecule has 1 heterocycles. The molecule has 152 valence electrons. The quantitative estimate of drug-likeness (QED) is 0.710. The van der Waals surface area contributed by atoms with E-state index in [1.165, 1.54) is 9.80 Å². The van der Waals surface area contributed by atoms with Crippen molar-refractivity contribution in [3.8, 4) is 0 Å². The number of anilines is 2. The fourth-order valence-corrected chi connectivity index (χ4v) is 3.49. The zero-order valence-electron chi connectivity index (χ0n) is 16.7. The average Bonchev–Trinajstić information content (AvgIpc) is 2.87. The van der Waals surface area contributed by atoms with E-state index in [0.29, 0.717) is 22.9 Å². The molecule has 1 fully saturated rings. The lowest BCUT2D eigenvalue weighted by molar-refractivity contribution is -0.124. The first-order valence-electron chi connectivity index (χ1n) is 9.53. The minimum Gasteiger partial charge on any atom is -0.326 e. The molecule has 0 radical (unpaired) electrons. The van der Waals surface area contributed by atoms with E-state index in [0.717, 1.165) is 5.56 Å². The molecule has 7 heteroatoms. The summed E-state index contributed by atoms with van der Waals surface area (Å²) >= 11 is 5.87. The van der Waals surface area contributed by atoms with Crippen molar-refractivity contribution in [2.24, 2.45) is 5.92 Å². The number of carbonyl (C=O) groups excluding carboxylic acids is 3. The van der Waals surface area contributed by atoms with Crippen LogP contribution >= 0.6 is 11.6 Å². The van der Waals surface area contributed by atoms with Crippen molar-refractivity contribution in [3.63, 3.8) is 0 Å². The number of rotatable bonds is 6. The number of hydrogen-bond donors (Lipinski definition) is 1. The van der Waals surface area contributed by atoms with E-state index in [2.05, 4.69) is 5.32 Å². The van der Waals surface area contributed by atoms with Gasteiger partial charge in [-0.05, 0) is 54.8 Å². The van der Waals surface area contributed by atoms with Gasteiger partial charge < -0.3 is 10.2 Å². The highest BCUT2D eigenvalue weighted by molar-refractivity contribution is 6.30. The second kappa shape index (κ2) is 8.66. The summed E-state index contributed by atoms with van der Waals surface area (Å²) in [6.07, 6.45) is -0.109. The van der Waals surface area contributed by atoms with Gasteiger partial charge in [-0.25, -0.2) is 9.69 Å². The fourth-order valence-electron chi connectivity index (χ4n) is 3.36. The van der Waals surface area contributed by atoms with E-state index in [4.69, 9.17) is 11.6 Å². The van der Waals surface area contributed by atoms with Gasteiger partial charge in [0.1, 0.15) is 6.04 Å². The van der Waals surface area contributed by atoms with Crippen LogP contribution in [0.5, 0.6) is 0 Å². The lowest BCUT2D eigenvalue weighted by Crippen LogP contribution is -2.40. The molecular formula is C22H24ClN3O3. The Morgan fingerprint density at radius 2 is 1.83 bits per heavy atom. The predicted octanol–water partition coefficient (Wildman–Crippen LogP) is 4.47. The van der Waals surface area contributed by atoms with Crippen molar-refractivity contribution in [2.45, 2.75) is 33.2 Å². The van der Waals surface area contributed by atoms with Gasteiger partial charge in [-0.1, -0.05) is 37.6 Å². The number of amides is 4. The van der Waals surface area contributed by atoms with Gasteiger partial charge in [-0.2, -0.15) is 0 Å². The molecule has 6 nitrogen and oxygen atoms in total. The highest BCUT2D eigenvalue weighted by Crippen LogP contribution is 2.28. The highest BCUT2D eigenvalue weighted by Gasteiger charge is 2.46. The van der Waals surface area contributed by atoms with Crippen LogP contribution in [0.4, 0.5) is 16.2 Å². The molecule has 3 rings (SSSR count). The molecule has 1 atom stereocenters. The van der Waals surface area contributed by atoms with Crippen LogP contribution in [0.1, 0.15) is 25.8 Å². The van der Waals surface area contributed by atoms with Gasteiger partial charge in [0.15, 0.2) is 0 Å². The number of nitrogens with one attached hydrogen (secondary N) is 1. The largest absolute Gasteiger partial charge is 0.332 e. The maximum Gasteiger partial charge on any atom is 0.332 e. The molecule has 1 aliphatic rings. The monoisotopic (exact) mass is 413 g/mol. The summed E-state index contributed by atoms with van der Waals surface area (Å²) in [5.74, 6) is -0.558. The third-order valence-electron chi connectivity index (χ3n) is 4.65. The second-order valence-corrected chi connectivity index (χ2v) is 8.05. The van der Waals surface area contributed by atoms with Crippen LogP contribution in [-0.2, 0) is 9.59 Å². The number of benzene rings is 2. The van der Waals surface area contributed by atoms with Crippen LogP contribution < -0.4 is 10.2 Å². The number of hydrogen-bond acceptors (Lipinski definition) is 3. The number of imide groups is 1. The number of nitrogens with zero attached hydrogens (tertiary/aromatic N) is 2. The van der Waals surface area contributed by atoms with Gasteiger partial charge in [-0.15, -0.1) is 0 Å². The van der Waals surface area contributed by atoms with E-state index >= 15 is 0 Å². The van der Waals surface area contributed by atoms with Crippen molar-refractivity contribution in [3.05, 3.63) is 59.1 Å². The Balaban J connectivity index is 1.82. The van der Waals surface area contributed by atoms with Crippen LogP contribution in [0.3, 0.4) is 0 Å². The molecule has 0 spiro atoms. The zero-order valence-corrected chi connectivity index (χ0v) is 17.4. The van der Waals surface area contributed by atoms with Crippen LogP contribution in [0.15, 0.2) is 48.5 Å². The topological polar surface area (TPSA) is 69.7 Å². The smallest absolute Gasteiger partial charge is 0.326 e. The summed E-state index contributed by atoms with van der Waals surface area (Å²) in [5.41, 5.74) is 2.05. The van der Waals surface area contributed by atoms with Crippen molar-refractivity contribution in [1.29, 1.82) is 0 Å². The molecule has 2 aromatic rings. The van der Waals surface area contributed by atoms with Gasteiger partial charge in [0.05, 0.1) is 12.1 Å². The van der Waals surface area contributed by atoms with Crippen molar-refractivity contribution >= 4 is 40.8 Å². The summed E-state index contributed by atoms with van der Waals surface area (Å²) in [4.78, 5) is 41.4. The number of urea groups is 1. The summed E-state index contributed by atoms with van der Waals surface area (Å²) in [5, 5.41) is 3.33. The first-order chi connectivity index (χ1) is 13.8. The standard InChI is InChI=1S/C22H24ClN3O3/c1-14(2)13-25-19(12-20(27)24-17-9-7-16(23)8-10-17)21(28)26(22(25)29)18-6-4-5-15(3)11-18/h4-11,14,19H,12-13H2,1-3H3,(H,24,27). The molecule has 4 amide bonds. The van der Waals surface area contributed by atoms with Crippen LogP contribution in [0.2, 0.25) is 5.02 Å². The predicted molar refractivity (Wildman–Crippen MR) is 114 cm³/mol. The fraction of sp³-hybridized carbons (Fsp3) is 0.318. The van der Waals surface area contributed by atoms with E-state index in [1.807, 2.05) is 26.8 Å². The molecule has 29 heavy (non-hydrogen) atoms. The lowest BCUT2D eigenvalue weighted by atomic mass is 10.1. The first kappa shape index (κ1) is 20.9. The molecule has 0 saturated carbocycles. The minimum atomic E-state index is -0.835. The Kier molecular flexibility index (Phi) is 6.23. The number of carbonyl (C=O) groups is 3. The van der Waals surface area contributed by atoms with Gasteiger partial charge in [-0.3, -0.25) is 9.59 Å². The Labute approximate surface area is 175 Å². The Morgan fingerprint density at radius 1 is 1.14 bits per heavy atom. The Morgan fingerprint density at radius 3 is 2.45 bits per heavy atom. The molecule has 2 aromatic carbocycles. The van der Waals surface area contributed by atoms with E-state index in [-0.39, 0.29) is 24.2 Å². The van der Waals surface area contributed by atoms with E-state index in [9.17, 15) is 14.4 Å². The van der Waals surface area contributed by atoms with Gasteiger partial charge >= 0.3 is 6.03 Å². The highest BCUT2D eigenvalue weighted by atomic mass is 35.5. The van der Waals surface area contributed by atoms with Crippen molar-refractivity contribution in [1.82, 2.24) is 4.90 Å². The molecular weight excluding hydrogens is 390 g/mol. The Bertz CT molecular complexity index is 927. The van der Waals surface area contributed by atoms with Crippen LogP contribution in [-0.4, -0.2) is 35.3 Å². The molecule has 1 unspecified atom stereocenters. The van der Waals surface area contributed by atoms with Gasteiger partial charge in [0.2, 0.25) is 5.91 Å². The average molecular weight is 414 g/mol. The van der Waals surface area contributed by atoms with Gasteiger partial charge in [0, 0.05) is 17.3 Å². The third kappa shape index (κ3) is 4.77. The normalized spacial score (nSPS) is 16.7. The maximum absolute atomic E-state index is 13.1. The summed E-state index contributed by atoms with van der Waals surface area (Å²) in [6, 6.07) is 12.7. The second-order valence-electron chi connectivity index (χ2n) is 7.62. The minimum absolute atomic E-state index is 0.109. The molecule has 1 aliphatic heterocycles. The number of halogens is 1. The molecule has 1 saturated heterocycles. The molecule has 0 aromatic heterocycles. The molecule has 0 aliphatic carbocycles.